The zero-order valence-corrected chi connectivity index (χ0v) is 15.5. The summed E-state index contributed by atoms with van der Waals surface area (Å²) < 4.78 is 11.3. The lowest BCUT2D eigenvalue weighted by Crippen LogP contribution is -2.30. The fraction of sp³-hybridized carbons (Fsp3) is 0.737. The molecule has 2 atom stereocenters. The predicted molar refractivity (Wildman–Crippen MR) is 92.8 cm³/mol. The number of hydrogen-bond donors (Lipinski definition) is 0. The van der Waals surface area contributed by atoms with Gasteiger partial charge in [0.1, 0.15) is 6.61 Å². The molecular formula is C19H34O3. The molecule has 0 fully saturated rings. The molecule has 0 bridgehead atoms. The number of ether oxygens (including phenoxy) is 2. The molecule has 0 saturated carbocycles. The van der Waals surface area contributed by atoms with Gasteiger partial charge in [-0.2, -0.15) is 0 Å². The highest BCUT2D eigenvalue weighted by Gasteiger charge is 2.25. The average molecular weight is 310 g/mol. The van der Waals surface area contributed by atoms with Gasteiger partial charge < -0.3 is 9.47 Å². The standard InChI is InChI=1S/C19H34O3/c1-9-15(3)16(4)21-13-19(8,10-2)14-22-17(20)11-12-18(5,6)7/h9-10,16H,2,11-14H2,1,3-8H3. The summed E-state index contributed by atoms with van der Waals surface area (Å²) in [6.07, 6.45) is 5.18. The van der Waals surface area contributed by atoms with Crippen LogP contribution in [-0.4, -0.2) is 25.3 Å². The Balaban J connectivity index is 4.33. The molecule has 0 radical (unpaired) electrons. The van der Waals surface area contributed by atoms with E-state index in [2.05, 4.69) is 27.4 Å². The summed E-state index contributed by atoms with van der Waals surface area (Å²) in [6, 6.07) is 0. The van der Waals surface area contributed by atoms with Crippen molar-refractivity contribution in [2.45, 2.75) is 67.4 Å². The third-order valence-electron chi connectivity index (χ3n) is 3.89. The highest BCUT2D eigenvalue weighted by atomic mass is 16.5. The van der Waals surface area contributed by atoms with Gasteiger partial charge in [0.15, 0.2) is 0 Å². The zero-order valence-electron chi connectivity index (χ0n) is 15.5. The Hall–Kier alpha value is -1.09. The summed E-state index contributed by atoms with van der Waals surface area (Å²) in [4.78, 5) is 11.8. The van der Waals surface area contributed by atoms with Gasteiger partial charge >= 0.3 is 5.97 Å². The second-order valence-corrected chi connectivity index (χ2v) is 7.57. The number of allylic oxidation sites excluding steroid dienone is 1. The van der Waals surface area contributed by atoms with Gasteiger partial charge in [-0.1, -0.05) is 39.8 Å². The lowest BCUT2D eigenvalue weighted by molar-refractivity contribution is -0.147. The fourth-order valence-corrected chi connectivity index (χ4v) is 1.64. The van der Waals surface area contributed by atoms with Crippen LogP contribution in [0.5, 0.6) is 0 Å². The topological polar surface area (TPSA) is 35.5 Å². The van der Waals surface area contributed by atoms with Gasteiger partial charge in [-0.05, 0) is 38.2 Å². The molecule has 0 aliphatic heterocycles. The summed E-state index contributed by atoms with van der Waals surface area (Å²) in [5.74, 6) is -0.152. The molecule has 0 amide bonds. The van der Waals surface area contributed by atoms with Crippen LogP contribution in [0.4, 0.5) is 0 Å². The Morgan fingerprint density at radius 2 is 1.82 bits per heavy atom. The Labute approximate surface area is 136 Å². The van der Waals surface area contributed by atoms with Gasteiger partial charge in [-0.15, -0.1) is 6.58 Å². The van der Waals surface area contributed by atoms with Crippen LogP contribution in [0.3, 0.4) is 0 Å². The van der Waals surface area contributed by atoms with E-state index in [4.69, 9.17) is 9.47 Å². The van der Waals surface area contributed by atoms with E-state index in [0.717, 1.165) is 6.42 Å². The molecule has 0 rings (SSSR count). The van der Waals surface area contributed by atoms with Crippen LogP contribution in [0.2, 0.25) is 0 Å². The number of carbonyl (C=O) groups excluding carboxylic acids is 1. The summed E-state index contributed by atoms with van der Waals surface area (Å²) in [5.41, 5.74) is 0.969. The third kappa shape index (κ3) is 9.04. The highest BCUT2D eigenvalue weighted by Crippen LogP contribution is 2.23. The minimum atomic E-state index is -0.361. The quantitative estimate of drug-likeness (QED) is 0.448. The molecule has 0 saturated heterocycles. The van der Waals surface area contributed by atoms with E-state index >= 15 is 0 Å². The molecule has 0 N–H and O–H groups in total. The van der Waals surface area contributed by atoms with Crippen LogP contribution in [0.15, 0.2) is 24.3 Å². The summed E-state index contributed by atoms with van der Waals surface area (Å²) >= 11 is 0. The number of carbonyl (C=O) groups is 1. The van der Waals surface area contributed by atoms with Crippen molar-refractivity contribution in [3.8, 4) is 0 Å². The number of esters is 1. The van der Waals surface area contributed by atoms with Crippen molar-refractivity contribution in [1.82, 2.24) is 0 Å². The predicted octanol–water partition coefficient (Wildman–Crippen LogP) is 4.92. The molecule has 0 spiro atoms. The van der Waals surface area contributed by atoms with Crippen molar-refractivity contribution in [3.63, 3.8) is 0 Å². The van der Waals surface area contributed by atoms with E-state index in [0.29, 0.717) is 19.6 Å². The first-order valence-corrected chi connectivity index (χ1v) is 8.06. The number of rotatable bonds is 9. The minimum Gasteiger partial charge on any atom is -0.465 e. The van der Waals surface area contributed by atoms with Gasteiger partial charge in [0.05, 0.1) is 12.7 Å². The van der Waals surface area contributed by atoms with Gasteiger partial charge in [0, 0.05) is 11.8 Å². The molecule has 0 aromatic rings. The Kier molecular flexibility index (Phi) is 8.69. The fourth-order valence-electron chi connectivity index (χ4n) is 1.64. The smallest absolute Gasteiger partial charge is 0.305 e. The maximum Gasteiger partial charge on any atom is 0.305 e. The molecule has 0 aromatic heterocycles. The van der Waals surface area contributed by atoms with E-state index in [-0.39, 0.29) is 22.9 Å². The lowest BCUT2D eigenvalue weighted by atomic mass is 9.90. The molecular weight excluding hydrogens is 276 g/mol. The Morgan fingerprint density at radius 3 is 2.27 bits per heavy atom. The summed E-state index contributed by atoms with van der Waals surface area (Å²) in [5, 5.41) is 0. The molecule has 0 aromatic carbocycles. The minimum absolute atomic E-state index is 0.0564. The first-order valence-electron chi connectivity index (χ1n) is 8.06. The monoisotopic (exact) mass is 310 g/mol. The molecule has 0 aliphatic carbocycles. The molecule has 3 nitrogen and oxygen atoms in total. The van der Waals surface area contributed by atoms with Gasteiger partial charge in [0.2, 0.25) is 0 Å². The van der Waals surface area contributed by atoms with Crippen molar-refractivity contribution in [2.24, 2.45) is 10.8 Å². The second kappa shape index (κ2) is 9.14. The summed E-state index contributed by atoms with van der Waals surface area (Å²) in [6.45, 7) is 19.1. The Morgan fingerprint density at radius 1 is 1.23 bits per heavy atom. The van der Waals surface area contributed by atoms with Gasteiger partial charge in [-0.3, -0.25) is 4.79 Å². The third-order valence-corrected chi connectivity index (χ3v) is 3.89. The highest BCUT2D eigenvalue weighted by molar-refractivity contribution is 5.69. The van der Waals surface area contributed by atoms with Crippen molar-refractivity contribution in [3.05, 3.63) is 24.3 Å². The maximum atomic E-state index is 11.8. The van der Waals surface area contributed by atoms with Crippen LogP contribution < -0.4 is 0 Å². The van der Waals surface area contributed by atoms with Crippen LogP contribution in [0.25, 0.3) is 0 Å². The zero-order chi connectivity index (χ0) is 17.4. The van der Waals surface area contributed by atoms with Crippen LogP contribution in [0.1, 0.15) is 61.3 Å². The second-order valence-electron chi connectivity index (χ2n) is 7.57. The SMILES string of the molecule is C=CC(C)(COC(=O)CCC(C)(C)C)COC(C)C(C)=CC. The lowest BCUT2D eigenvalue weighted by Gasteiger charge is -2.27. The molecule has 0 heterocycles. The first-order chi connectivity index (χ1) is 10.0. The van der Waals surface area contributed by atoms with E-state index < -0.39 is 0 Å². The van der Waals surface area contributed by atoms with Crippen molar-refractivity contribution < 1.29 is 14.3 Å². The molecule has 2 unspecified atom stereocenters. The van der Waals surface area contributed by atoms with Crippen molar-refractivity contribution in [1.29, 1.82) is 0 Å². The molecule has 128 valence electrons. The molecule has 22 heavy (non-hydrogen) atoms. The van der Waals surface area contributed by atoms with Crippen molar-refractivity contribution >= 4 is 5.97 Å². The largest absolute Gasteiger partial charge is 0.465 e. The van der Waals surface area contributed by atoms with Gasteiger partial charge in [-0.25, -0.2) is 0 Å². The van der Waals surface area contributed by atoms with Crippen LogP contribution in [0, 0.1) is 10.8 Å². The molecule has 0 aliphatic rings. The summed E-state index contributed by atoms with van der Waals surface area (Å²) in [7, 11) is 0. The number of hydrogen-bond acceptors (Lipinski definition) is 3. The first kappa shape index (κ1) is 20.9. The van der Waals surface area contributed by atoms with Crippen LogP contribution >= 0.6 is 0 Å². The molecule has 3 heteroatoms. The van der Waals surface area contributed by atoms with E-state index in [1.807, 2.05) is 39.8 Å². The maximum absolute atomic E-state index is 11.8. The van der Waals surface area contributed by atoms with E-state index in [1.165, 1.54) is 5.57 Å². The van der Waals surface area contributed by atoms with Gasteiger partial charge in [0.25, 0.3) is 0 Å². The van der Waals surface area contributed by atoms with Crippen molar-refractivity contribution in [2.75, 3.05) is 13.2 Å². The average Bonchev–Trinajstić information content (AvgIpc) is 2.46. The van der Waals surface area contributed by atoms with Crippen LogP contribution in [-0.2, 0) is 14.3 Å². The van der Waals surface area contributed by atoms with E-state index in [9.17, 15) is 4.79 Å². The Bertz CT molecular complexity index is 390. The van der Waals surface area contributed by atoms with E-state index in [1.54, 1.807) is 0 Å². The normalized spacial score (nSPS) is 16.8.